The van der Waals surface area contributed by atoms with E-state index in [2.05, 4.69) is 6.58 Å². The Labute approximate surface area is 165 Å². The quantitative estimate of drug-likeness (QED) is 0.702. The summed E-state index contributed by atoms with van der Waals surface area (Å²) in [5, 5.41) is 9.36. The summed E-state index contributed by atoms with van der Waals surface area (Å²) < 4.78 is 6.04. The van der Waals surface area contributed by atoms with E-state index in [1.54, 1.807) is 24.3 Å². The van der Waals surface area contributed by atoms with Gasteiger partial charge in [0, 0.05) is 24.2 Å². The number of amides is 1. The first-order valence-corrected chi connectivity index (χ1v) is 9.60. The number of carbonyl (C=O) groups is 1. The van der Waals surface area contributed by atoms with Crippen molar-refractivity contribution in [2.24, 2.45) is 0 Å². The van der Waals surface area contributed by atoms with Gasteiger partial charge in [-0.2, -0.15) is 5.26 Å². The van der Waals surface area contributed by atoms with E-state index in [9.17, 15) is 4.79 Å². The van der Waals surface area contributed by atoms with Crippen LogP contribution in [0.1, 0.15) is 38.2 Å². The lowest BCUT2D eigenvalue weighted by atomic mass is 9.92. The molecule has 27 heavy (non-hydrogen) atoms. The highest BCUT2D eigenvalue weighted by Crippen LogP contribution is 2.33. The Morgan fingerprint density at radius 3 is 2.67 bits per heavy atom. The van der Waals surface area contributed by atoms with Gasteiger partial charge < -0.3 is 9.64 Å². The third kappa shape index (κ3) is 4.09. The van der Waals surface area contributed by atoms with Gasteiger partial charge in [-0.05, 0) is 50.3 Å². The highest BCUT2D eigenvalue weighted by molar-refractivity contribution is 6.31. The predicted octanol–water partition coefficient (Wildman–Crippen LogP) is 4.80. The number of likely N-dealkylation sites (tertiary alicyclic amines) is 1. The van der Waals surface area contributed by atoms with E-state index in [0.717, 1.165) is 36.8 Å². The number of halogens is 1. The molecule has 0 aromatic heterocycles. The van der Waals surface area contributed by atoms with Crippen molar-refractivity contribution in [2.45, 2.75) is 44.8 Å². The molecule has 0 spiro atoms. The van der Waals surface area contributed by atoms with Crippen LogP contribution in [0.4, 0.5) is 0 Å². The van der Waals surface area contributed by atoms with Gasteiger partial charge in [0.1, 0.15) is 11.8 Å². The first-order valence-electron chi connectivity index (χ1n) is 9.23. The molecule has 4 nitrogen and oxygen atoms in total. The Morgan fingerprint density at radius 1 is 1.33 bits per heavy atom. The summed E-state index contributed by atoms with van der Waals surface area (Å²) in [7, 11) is 0. The minimum Gasteiger partial charge on any atom is -0.490 e. The topological polar surface area (TPSA) is 53.3 Å². The Morgan fingerprint density at radius 2 is 2.07 bits per heavy atom. The molecule has 2 aliphatic rings. The molecule has 2 fully saturated rings. The minimum absolute atomic E-state index is 0.104. The minimum atomic E-state index is 0.104. The molecule has 1 heterocycles. The van der Waals surface area contributed by atoms with Crippen LogP contribution in [0.5, 0.6) is 5.75 Å². The molecule has 1 aliphatic carbocycles. The molecule has 0 atom stereocenters. The van der Waals surface area contributed by atoms with Crippen LogP contribution < -0.4 is 4.74 Å². The number of hydrogen-bond donors (Lipinski definition) is 0. The standard InChI is InChI=1S/C22H23ClN2O2/c1-3-5-16-14-25(22(26)20(16)4-2)17-7-10-18(11-8-17)27-19-9-6-15(13-24)21(23)12-19/h3-6,9,12,17-18H,1,7-8,10-11,14H2,2H3/b16-5-,20-4+. The maximum absolute atomic E-state index is 12.7. The normalized spacial score (nSPS) is 25.7. The monoisotopic (exact) mass is 382 g/mol. The van der Waals surface area contributed by atoms with Gasteiger partial charge in [0.2, 0.25) is 0 Å². The molecule has 3 rings (SSSR count). The number of nitriles is 1. The molecule has 0 N–H and O–H groups in total. The van der Waals surface area contributed by atoms with Gasteiger partial charge in [0.05, 0.1) is 16.7 Å². The molecule has 1 aromatic rings. The molecule has 1 saturated heterocycles. The molecular weight excluding hydrogens is 360 g/mol. The summed E-state index contributed by atoms with van der Waals surface area (Å²) in [6.07, 6.45) is 9.26. The van der Waals surface area contributed by atoms with Crippen LogP contribution in [0.15, 0.2) is 54.2 Å². The summed E-state index contributed by atoms with van der Waals surface area (Å²) in [4.78, 5) is 14.7. The van der Waals surface area contributed by atoms with Crippen LogP contribution in [0.3, 0.4) is 0 Å². The third-order valence-electron chi connectivity index (χ3n) is 5.23. The van der Waals surface area contributed by atoms with Crippen molar-refractivity contribution in [3.05, 3.63) is 64.7 Å². The summed E-state index contributed by atoms with van der Waals surface area (Å²) in [5.41, 5.74) is 2.28. The second kappa shape index (κ2) is 8.45. The Balaban J connectivity index is 1.60. The fraction of sp³-hybridized carbons (Fsp3) is 0.364. The van der Waals surface area contributed by atoms with Crippen LogP contribution in [-0.4, -0.2) is 29.5 Å². The Kier molecular flexibility index (Phi) is 6.03. The van der Waals surface area contributed by atoms with E-state index < -0.39 is 0 Å². The Hall–Kier alpha value is -2.51. The van der Waals surface area contributed by atoms with E-state index in [0.29, 0.717) is 22.9 Å². The summed E-state index contributed by atoms with van der Waals surface area (Å²) >= 11 is 6.08. The molecule has 1 amide bonds. The molecule has 140 valence electrons. The van der Waals surface area contributed by atoms with Crippen molar-refractivity contribution >= 4 is 17.5 Å². The smallest absolute Gasteiger partial charge is 0.254 e. The van der Waals surface area contributed by atoms with Crippen molar-refractivity contribution < 1.29 is 9.53 Å². The van der Waals surface area contributed by atoms with Gasteiger partial charge in [-0.15, -0.1) is 0 Å². The first-order chi connectivity index (χ1) is 13.1. The van der Waals surface area contributed by atoms with Gasteiger partial charge >= 0.3 is 0 Å². The number of hydrogen-bond acceptors (Lipinski definition) is 3. The molecule has 1 aromatic carbocycles. The molecule has 0 bridgehead atoms. The maximum Gasteiger partial charge on any atom is 0.254 e. The van der Waals surface area contributed by atoms with Gasteiger partial charge in [-0.1, -0.05) is 36.4 Å². The van der Waals surface area contributed by atoms with Crippen molar-refractivity contribution in [1.82, 2.24) is 4.90 Å². The fourth-order valence-electron chi connectivity index (χ4n) is 3.85. The molecule has 1 aliphatic heterocycles. The van der Waals surface area contributed by atoms with E-state index >= 15 is 0 Å². The van der Waals surface area contributed by atoms with E-state index in [4.69, 9.17) is 21.6 Å². The number of nitrogens with zero attached hydrogens (tertiary/aromatic N) is 2. The van der Waals surface area contributed by atoms with Crippen LogP contribution in [0, 0.1) is 11.3 Å². The maximum atomic E-state index is 12.7. The number of allylic oxidation sites excluding steroid dienone is 3. The zero-order valence-electron chi connectivity index (χ0n) is 15.5. The number of rotatable bonds is 4. The van der Waals surface area contributed by atoms with Crippen molar-refractivity contribution in [2.75, 3.05) is 6.54 Å². The second-order valence-corrected chi connectivity index (χ2v) is 7.27. The highest BCUT2D eigenvalue weighted by Gasteiger charge is 2.36. The second-order valence-electron chi connectivity index (χ2n) is 6.86. The zero-order chi connectivity index (χ0) is 19.4. The average molecular weight is 383 g/mol. The van der Waals surface area contributed by atoms with Crippen molar-refractivity contribution in [1.29, 1.82) is 5.26 Å². The van der Waals surface area contributed by atoms with Crippen molar-refractivity contribution in [3.8, 4) is 11.8 Å². The number of carbonyl (C=O) groups excluding carboxylic acids is 1. The largest absolute Gasteiger partial charge is 0.490 e. The SMILES string of the molecule is C=C/C=C1/CN(C2CCC(Oc3ccc(C#N)c(Cl)c3)CC2)C(=O)/C1=C/C. The van der Waals surface area contributed by atoms with Crippen LogP contribution >= 0.6 is 11.6 Å². The number of ether oxygens (including phenoxy) is 1. The lowest BCUT2D eigenvalue weighted by Crippen LogP contribution is -2.41. The average Bonchev–Trinajstić information content (AvgIpc) is 2.98. The van der Waals surface area contributed by atoms with Crippen LogP contribution in [0.25, 0.3) is 0 Å². The predicted molar refractivity (Wildman–Crippen MR) is 107 cm³/mol. The van der Waals surface area contributed by atoms with Crippen LogP contribution in [-0.2, 0) is 4.79 Å². The number of benzene rings is 1. The van der Waals surface area contributed by atoms with Gasteiger partial charge in [-0.25, -0.2) is 0 Å². The Bertz CT molecular complexity index is 842. The van der Waals surface area contributed by atoms with Gasteiger partial charge in [0.15, 0.2) is 0 Å². The van der Waals surface area contributed by atoms with Crippen molar-refractivity contribution in [3.63, 3.8) is 0 Å². The molecule has 0 unspecified atom stereocenters. The van der Waals surface area contributed by atoms with E-state index in [1.807, 2.05) is 30.0 Å². The molecule has 1 saturated carbocycles. The van der Waals surface area contributed by atoms with Gasteiger partial charge in [-0.3, -0.25) is 4.79 Å². The molecule has 0 radical (unpaired) electrons. The summed E-state index contributed by atoms with van der Waals surface area (Å²) in [6, 6.07) is 7.45. The first kappa shape index (κ1) is 19.3. The third-order valence-corrected chi connectivity index (χ3v) is 5.55. The van der Waals surface area contributed by atoms with E-state index in [1.165, 1.54) is 0 Å². The van der Waals surface area contributed by atoms with E-state index in [-0.39, 0.29) is 18.1 Å². The lowest BCUT2D eigenvalue weighted by molar-refractivity contribution is -0.127. The lowest BCUT2D eigenvalue weighted by Gasteiger charge is -2.34. The summed E-state index contributed by atoms with van der Waals surface area (Å²) in [6.45, 7) is 6.31. The van der Waals surface area contributed by atoms with Gasteiger partial charge in [0.25, 0.3) is 5.91 Å². The summed E-state index contributed by atoms with van der Waals surface area (Å²) in [5.74, 6) is 0.806. The highest BCUT2D eigenvalue weighted by atomic mass is 35.5. The van der Waals surface area contributed by atoms with Crippen LogP contribution in [0.2, 0.25) is 5.02 Å². The zero-order valence-corrected chi connectivity index (χ0v) is 16.2. The molecule has 5 heteroatoms. The molecular formula is C22H23ClN2O2. The fourth-order valence-corrected chi connectivity index (χ4v) is 4.06.